The smallest absolute Gasteiger partial charge is 0.424 e. The van der Waals surface area contributed by atoms with Crippen LogP contribution in [0.1, 0.15) is 69.2 Å². The van der Waals surface area contributed by atoms with Crippen molar-refractivity contribution in [2.45, 2.75) is 92.1 Å². The molecule has 1 aliphatic rings. The number of aromatic nitrogens is 1. The Balaban J connectivity index is 2.41. The lowest BCUT2D eigenvalue weighted by atomic mass is 9.95. The van der Waals surface area contributed by atoms with Gasteiger partial charge in [-0.3, -0.25) is 4.98 Å². The molecule has 1 aromatic rings. The molecule has 3 amide bonds. The van der Waals surface area contributed by atoms with E-state index in [0.29, 0.717) is 18.8 Å². The van der Waals surface area contributed by atoms with Gasteiger partial charge in [0.25, 0.3) is 0 Å². The van der Waals surface area contributed by atoms with Crippen LogP contribution in [0.4, 0.5) is 25.8 Å². The van der Waals surface area contributed by atoms with Gasteiger partial charge < -0.3 is 24.4 Å². The number of pyridine rings is 1. The summed E-state index contributed by atoms with van der Waals surface area (Å²) in [5.41, 5.74) is -1.49. The first-order valence-corrected chi connectivity index (χ1v) is 12.1. The maximum Gasteiger partial charge on any atom is 0.424 e. The number of imide groups is 1. The van der Waals surface area contributed by atoms with Crippen molar-refractivity contribution in [3.05, 3.63) is 24.9 Å². The topological polar surface area (TPSA) is 110 Å². The third kappa shape index (κ3) is 9.20. The normalized spacial score (nSPS) is 18.8. The molecule has 0 saturated carbocycles. The summed E-state index contributed by atoms with van der Waals surface area (Å²) < 4.78 is 16.5. The van der Waals surface area contributed by atoms with Gasteiger partial charge in [-0.05, 0) is 80.7 Å². The lowest BCUT2D eigenvalue weighted by Gasteiger charge is -2.39. The zero-order valence-corrected chi connectivity index (χ0v) is 23.2. The molecule has 1 fully saturated rings. The molecule has 10 heteroatoms. The molecule has 0 spiro atoms. The molecule has 0 aromatic carbocycles. The van der Waals surface area contributed by atoms with Crippen LogP contribution in [0.5, 0.6) is 0 Å². The van der Waals surface area contributed by atoms with Crippen LogP contribution in [-0.2, 0) is 14.2 Å². The number of anilines is 2. The quantitative estimate of drug-likeness (QED) is 0.550. The molecule has 1 saturated heterocycles. The Hall–Kier alpha value is -3.04. The van der Waals surface area contributed by atoms with Crippen molar-refractivity contribution in [1.82, 2.24) is 10.3 Å². The van der Waals surface area contributed by atoms with E-state index in [9.17, 15) is 14.4 Å². The average Bonchev–Trinajstić information content (AvgIpc) is 2.63. The van der Waals surface area contributed by atoms with Gasteiger partial charge in [-0.15, -0.1) is 0 Å². The molecule has 1 N–H and O–H groups in total. The Labute approximate surface area is 214 Å². The first kappa shape index (κ1) is 29.2. The molecule has 2 atom stereocenters. The largest absolute Gasteiger partial charge is 0.444 e. The maximum absolute atomic E-state index is 13.2. The monoisotopic (exact) mass is 505 g/mol. The van der Waals surface area contributed by atoms with Crippen molar-refractivity contribution < 1.29 is 28.6 Å². The summed E-state index contributed by atoms with van der Waals surface area (Å²) in [6.07, 6.45) is 2.80. The Morgan fingerprint density at radius 2 is 1.44 bits per heavy atom. The molecule has 2 rings (SSSR count). The van der Waals surface area contributed by atoms with Crippen LogP contribution in [0, 0.1) is 12.3 Å². The van der Waals surface area contributed by atoms with Crippen molar-refractivity contribution in [2.24, 2.45) is 5.92 Å². The second-order valence-corrected chi connectivity index (χ2v) is 12.0. The lowest BCUT2D eigenvalue weighted by Crippen LogP contribution is -2.52. The molecule has 2 heterocycles. The van der Waals surface area contributed by atoms with Gasteiger partial charge in [-0.2, -0.15) is 4.90 Å². The van der Waals surface area contributed by atoms with Gasteiger partial charge in [0.1, 0.15) is 22.5 Å². The van der Waals surface area contributed by atoms with Gasteiger partial charge in [0.2, 0.25) is 0 Å². The van der Waals surface area contributed by atoms with E-state index in [2.05, 4.69) is 10.3 Å². The van der Waals surface area contributed by atoms with Crippen LogP contribution in [0.3, 0.4) is 0 Å². The van der Waals surface area contributed by atoms with Crippen molar-refractivity contribution in [3.63, 3.8) is 0 Å². The van der Waals surface area contributed by atoms with E-state index in [-0.39, 0.29) is 17.6 Å². The van der Waals surface area contributed by atoms with E-state index in [1.807, 2.05) is 18.2 Å². The highest BCUT2D eigenvalue weighted by molar-refractivity contribution is 6.11. The number of amides is 3. The number of hydrogen-bond donors (Lipinski definition) is 1. The van der Waals surface area contributed by atoms with Crippen LogP contribution in [-0.4, -0.2) is 59.2 Å². The molecule has 2 unspecified atom stereocenters. The number of hydrogen-bond acceptors (Lipinski definition) is 8. The highest BCUT2D eigenvalue weighted by atomic mass is 16.6. The minimum Gasteiger partial charge on any atom is -0.444 e. The summed E-state index contributed by atoms with van der Waals surface area (Å²) in [5, 5.41) is 2.89. The summed E-state index contributed by atoms with van der Waals surface area (Å²) in [6, 6.07) is 1.40. The minimum absolute atomic E-state index is 0.0937. The zero-order valence-electron chi connectivity index (χ0n) is 23.2. The number of nitrogens with one attached hydrogen (secondary N) is 1. The maximum atomic E-state index is 13.2. The third-order valence-electron chi connectivity index (χ3n) is 4.70. The summed E-state index contributed by atoms with van der Waals surface area (Å²) in [6.45, 7) is 18.7. The van der Waals surface area contributed by atoms with Gasteiger partial charge >= 0.3 is 18.3 Å². The number of alkyl carbamates (subject to hydrolysis) is 1. The SMILES string of the molecule is CC1[CH]C(NC(=O)OC(C)(C)C)CN(c2ccncc2N(C(=O)OC(C)(C)C)C(=O)OC(C)(C)C)C1. The second-order valence-electron chi connectivity index (χ2n) is 12.0. The van der Waals surface area contributed by atoms with E-state index in [4.69, 9.17) is 14.2 Å². The van der Waals surface area contributed by atoms with Gasteiger partial charge in [0.15, 0.2) is 0 Å². The van der Waals surface area contributed by atoms with Crippen molar-refractivity contribution >= 4 is 29.7 Å². The van der Waals surface area contributed by atoms with E-state index in [1.54, 1.807) is 74.6 Å². The molecule has 0 bridgehead atoms. The van der Waals surface area contributed by atoms with Crippen LogP contribution < -0.4 is 15.1 Å². The summed E-state index contributed by atoms with van der Waals surface area (Å²) in [7, 11) is 0. The molecular weight excluding hydrogens is 464 g/mol. The molecule has 201 valence electrons. The van der Waals surface area contributed by atoms with Crippen LogP contribution in [0.15, 0.2) is 18.5 Å². The van der Waals surface area contributed by atoms with Crippen molar-refractivity contribution in [2.75, 3.05) is 22.9 Å². The van der Waals surface area contributed by atoms with Crippen LogP contribution in [0.2, 0.25) is 0 Å². The number of rotatable bonds is 3. The first-order valence-electron chi connectivity index (χ1n) is 12.1. The Morgan fingerprint density at radius 3 is 1.94 bits per heavy atom. The lowest BCUT2D eigenvalue weighted by molar-refractivity contribution is 0.0428. The molecule has 0 aliphatic carbocycles. The van der Waals surface area contributed by atoms with Gasteiger partial charge in [-0.25, -0.2) is 14.4 Å². The molecule has 10 nitrogen and oxygen atoms in total. The zero-order chi connectivity index (χ0) is 27.5. The van der Waals surface area contributed by atoms with Crippen molar-refractivity contribution in [3.8, 4) is 0 Å². The van der Waals surface area contributed by atoms with E-state index < -0.39 is 35.1 Å². The number of carbonyl (C=O) groups excluding carboxylic acids is 3. The van der Waals surface area contributed by atoms with E-state index >= 15 is 0 Å². The van der Waals surface area contributed by atoms with Gasteiger partial charge in [0.05, 0.1) is 17.9 Å². The third-order valence-corrected chi connectivity index (χ3v) is 4.70. The first-order chi connectivity index (χ1) is 16.3. The van der Waals surface area contributed by atoms with E-state index in [0.717, 1.165) is 4.90 Å². The summed E-state index contributed by atoms with van der Waals surface area (Å²) in [4.78, 5) is 45.8. The van der Waals surface area contributed by atoms with E-state index in [1.165, 1.54) is 6.20 Å². The van der Waals surface area contributed by atoms with Crippen molar-refractivity contribution in [1.29, 1.82) is 0 Å². The van der Waals surface area contributed by atoms with Crippen LogP contribution >= 0.6 is 0 Å². The molecule has 1 aromatic heterocycles. The average molecular weight is 506 g/mol. The Bertz CT molecular complexity index is 917. The number of carbonyl (C=O) groups is 3. The highest BCUT2D eigenvalue weighted by Gasteiger charge is 2.36. The predicted molar refractivity (Wildman–Crippen MR) is 138 cm³/mol. The fourth-order valence-electron chi connectivity index (χ4n) is 3.63. The summed E-state index contributed by atoms with van der Waals surface area (Å²) in [5.74, 6) is 0.0937. The number of piperidine rings is 1. The Morgan fingerprint density at radius 1 is 0.917 bits per heavy atom. The number of nitrogens with zero attached hydrogens (tertiary/aromatic N) is 3. The Kier molecular flexibility index (Phi) is 8.86. The minimum atomic E-state index is -0.869. The number of ether oxygens (including phenoxy) is 3. The van der Waals surface area contributed by atoms with Gasteiger partial charge in [-0.1, -0.05) is 6.92 Å². The summed E-state index contributed by atoms with van der Waals surface area (Å²) >= 11 is 0. The molecular formula is C26H41N4O6. The highest BCUT2D eigenvalue weighted by Crippen LogP contribution is 2.33. The fraction of sp³-hybridized carbons (Fsp3) is 0.654. The standard InChI is InChI=1S/C26H41N4O6/c1-17-13-18(28-21(31)34-24(2,3)4)16-29(15-17)19-11-12-27-14-20(19)30(22(32)35-25(5,6)7)23(33)36-26(8,9)10/h11-14,17-18H,15-16H2,1-10H3,(H,28,31). The predicted octanol–water partition coefficient (Wildman–Crippen LogP) is 5.31. The second kappa shape index (κ2) is 10.9. The van der Waals surface area contributed by atoms with Gasteiger partial charge in [0, 0.05) is 19.3 Å². The van der Waals surface area contributed by atoms with Crippen LogP contribution in [0.25, 0.3) is 0 Å². The molecule has 36 heavy (non-hydrogen) atoms. The molecule has 1 radical (unpaired) electrons. The molecule has 1 aliphatic heterocycles. The fourth-order valence-corrected chi connectivity index (χ4v) is 3.63.